The molecule has 2 rings (SSSR count). The number of hydrazine groups is 1. The Kier molecular flexibility index (Phi) is 5.83. The van der Waals surface area contributed by atoms with E-state index in [1.807, 2.05) is 36.0 Å². The van der Waals surface area contributed by atoms with Gasteiger partial charge in [-0.2, -0.15) is 11.8 Å². The highest BCUT2D eigenvalue weighted by Crippen LogP contribution is 2.20. The van der Waals surface area contributed by atoms with Gasteiger partial charge in [-0.3, -0.25) is 4.79 Å². The topological polar surface area (TPSA) is 80.0 Å². The van der Waals surface area contributed by atoms with Crippen molar-refractivity contribution in [3.05, 3.63) is 35.9 Å². The lowest BCUT2D eigenvalue weighted by Gasteiger charge is -2.10. The molecule has 112 valence electrons. The Labute approximate surface area is 128 Å². The number of fused-ring (bicyclic) bond motifs is 1. The number of thioether (sulfide) groups is 1. The maximum Gasteiger partial charge on any atom is 0.252 e. The third-order valence-electron chi connectivity index (χ3n) is 3.17. The Morgan fingerprint density at radius 3 is 2.90 bits per heavy atom. The number of rotatable bonds is 7. The molecule has 6 heteroatoms. The summed E-state index contributed by atoms with van der Waals surface area (Å²) < 4.78 is 0. The van der Waals surface area contributed by atoms with E-state index in [1.54, 1.807) is 6.07 Å². The first kappa shape index (κ1) is 15.6. The van der Waals surface area contributed by atoms with Gasteiger partial charge in [-0.1, -0.05) is 18.2 Å². The first-order chi connectivity index (χ1) is 10.3. The Balaban J connectivity index is 2.14. The van der Waals surface area contributed by atoms with Crippen molar-refractivity contribution in [2.75, 3.05) is 24.0 Å². The molecule has 0 saturated heterocycles. The van der Waals surface area contributed by atoms with E-state index in [9.17, 15) is 4.79 Å². The van der Waals surface area contributed by atoms with Crippen LogP contribution in [0, 0.1) is 0 Å². The maximum atomic E-state index is 12.3. The van der Waals surface area contributed by atoms with E-state index < -0.39 is 0 Å². The fourth-order valence-electron chi connectivity index (χ4n) is 2.11. The number of carbonyl (C=O) groups is 1. The smallest absolute Gasteiger partial charge is 0.252 e. The number of unbranched alkanes of at least 4 members (excludes halogenated alkanes) is 1. The zero-order valence-electron chi connectivity index (χ0n) is 12.1. The lowest BCUT2D eigenvalue weighted by atomic mass is 10.1. The second-order valence-electron chi connectivity index (χ2n) is 4.67. The van der Waals surface area contributed by atoms with E-state index >= 15 is 0 Å². The summed E-state index contributed by atoms with van der Waals surface area (Å²) in [6.07, 6.45) is 4.18. The molecule has 0 saturated carbocycles. The van der Waals surface area contributed by atoms with Crippen LogP contribution in [0.4, 0.5) is 5.82 Å². The van der Waals surface area contributed by atoms with Crippen LogP contribution in [0.5, 0.6) is 0 Å². The fourth-order valence-corrected chi connectivity index (χ4v) is 2.60. The number of carbonyl (C=O) groups excluding carboxylic acids is 1. The van der Waals surface area contributed by atoms with Crippen LogP contribution in [0.3, 0.4) is 0 Å². The summed E-state index contributed by atoms with van der Waals surface area (Å²) >= 11 is 1.82. The lowest BCUT2D eigenvalue weighted by Crippen LogP contribution is -2.25. The molecule has 0 spiro atoms. The molecule has 0 aliphatic carbocycles. The molecule has 0 radical (unpaired) electrons. The SMILES string of the molecule is CSCCCCNC(=O)c1cc(NN)nc2ccccc12. The molecule has 0 fully saturated rings. The number of benzene rings is 1. The van der Waals surface area contributed by atoms with Gasteiger partial charge in [0.1, 0.15) is 5.82 Å². The standard InChI is InChI=1S/C15H20N4OS/c1-21-9-5-4-8-17-15(20)12-10-14(19-16)18-13-7-3-2-6-11(12)13/h2-3,6-7,10H,4-5,8-9,16H2,1H3,(H,17,20)(H,18,19). The second kappa shape index (κ2) is 7.85. The van der Waals surface area contributed by atoms with Gasteiger partial charge in [0.15, 0.2) is 0 Å². The number of pyridine rings is 1. The van der Waals surface area contributed by atoms with Crippen LogP contribution >= 0.6 is 11.8 Å². The predicted molar refractivity (Wildman–Crippen MR) is 89.5 cm³/mol. The summed E-state index contributed by atoms with van der Waals surface area (Å²) in [7, 11) is 0. The first-order valence-corrected chi connectivity index (χ1v) is 8.29. The molecule has 0 unspecified atom stereocenters. The van der Waals surface area contributed by atoms with Crippen molar-refractivity contribution in [3.63, 3.8) is 0 Å². The zero-order valence-corrected chi connectivity index (χ0v) is 12.9. The Morgan fingerprint density at radius 1 is 1.33 bits per heavy atom. The molecule has 4 N–H and O–H groups in total. The monoisotopic (exact) mass is 304 g/mol. The van der Waals surface area contributed by atoms with Crippen molar-refractivity contribution in [2.45, 2.75) is 12.8 Å². The van der Waals surface area contributed by atoms with E-state index in [0.717, 1.165) is 29.5 Å². The first-order valence-electron chi connectivity index (χ1n) is 6.90. The lowest BCUT2D eigenvalue weighted by molar-refractivity contribution is 0.0955. The van der Waals surface area contributed by atoms with Crippen LogP contribution in [0.25, 0.3) is 10.9 Å². The van der Waals surface area contributed by atoms with Crippen LogP contribution < -0.4 is 16.6 Å². The Morgan fingerprint density at radius 2 is 2.14 bits per heavy atom. The maximum absolute atomic E-state index is 12.3. The number of para-hydroxylation sites is 1. The van der Waals surface area contributed by atoms with Crippen molar-refractivity contribution in [3.8, 4) is 0 Å². The molecule has 1 amide bonds. The van der Waals surface area contributed by atoms with Crippen LogP contribution in [0.1, 0.15) is 23.2 Å². The summed E-state index contributed by atoms with van der Waals surface area (Å²) in [6, 6.07) is 9.23. The average Bonchev–Trinajstić information content (AvgIpc) is 2.53. The fraction of sp³-hybridized carbons (Fsp3) is 0.333. The average molecular weight is 304 g/mol. The number of nitrogens with two attached hydrogens (primary N) is 1. The molecular weight excluding hydrogens is 284 g/mol. The molecule has 0 aliphatic rings. The molecule has 1 aromatic carbocycles. The molecular formula is C15H20N4OS. The molecule has 21 heavy (non-hydrogen) atoms. The number of hydrogen-bond donors (Lipinski definition) is 3. The van der Waals surface area contributed by atoms with E-state index in [1.165, 1.54) is 0 Å². The van der Waals surface area contributed by atoms with Gasteiger partial charge in [0, 0.05) is 11.9 Å². The van der Waals surface area contributed by atoms with Crippen LogP contribution in [-0.2, 0) is 0 Å². The van der Waals surface area contributed by atoms with Crippen molar-refractivity contribution < 1.29 is 4.79 Å². The number of nitrogens with zero attached hydrogens (tertiary/aromatic N) is 1. The molecule has 0 aliphatic heterocycles. The summed E-state index contributed by atoms with van der Waals surface area (Å²) in [5, 5.41) is 3.79. The number of amides is 1. The number of hydrogen-bond acceptors (Lipinski definition) is 5. The van der Waals surface area contributed by atoms with E-state index in [0.29, 0.717) is 17.9 Å². The summed E-state index contributed by atoms with van der Waals surface area (Å²) in [5.74, 6) is 6.94. The van der Waals surface area contributed by atoms with Gasteiger partial charge in [0.05, 0.1) is 11.1 Å². The van der Waals surface area contributed by atoms with Crippen molar-refractivity contribution in [1.29, 1.82) is 0 Å². The highest BCUT2D eigenvalue weighted by molar-refractivity contribution is 7.98. The number of nitrogens with one attached hydrogen (secondary N) is 2. The third-order valence-corrected chi connectivity index (χ3v) is 3.87. The van der Waals surface area contributed by atoms with Gasteiger partial charge < -0.3 is 10.7 Å². The molecule has 5 nitrogen and oxygen atoms in total. The van der Waals surface area contributed by atoms with Crippen molar-refractivity contribution >= 4 is 34.4 Å². The van der Waals surface area contributed by atoms with E-state index in [2.05, 4.69) is 22.0 Å². The van der Waals surface area contributed by atoms with Gasteiger partial charge in [0.2, 0.25) is 0 Å². The highest BCUT2D eigenvalue weighted by Gasteiger charge is 2.12. The second-order valence-corrected chi connectivity index (χ2v) is 5.66. The molecule has 0 bridgehead atoms. The Bertz CT molecular complexity index is 618. The van der Waals surface area contributed by atoms with Crippen LogP contribution in [-0.4, -0.2) is 29.4 Å². The molecule has 0 atom stereocenters. The van der Waals surface area contributed by atoms with Gasteiger partial charge in [0.25, 0.3) is 5.91 Å². The van der Waals surface area contributed by atoms with Gasteiger partial charge in [-0.15, -0.1) is 0 Å². The van der Waals surface area contributed by atoms with E-state index in [4.69, 9.17) is 5.84 Å². The Hall–Kier alpha value is -1.79. The predicted octanol–water partition coefficient (Wildman–Crippen LogP) is 2.39. The number of anilines is 1. The summed E-state index contributed by atoms with van der Waals surface area (Å²) in [5.41, 5.74) is 3.85. The quantitative estimate of drug-likeness (QED) is 0.416. The minimum Gasteiger partial charge on any atom is -0.352 e. The minimum absolute atomic E-state index is 0.0887. The van der Waals surface area contributed by atoms with Gasteiger partial charge >= 0.3 is 0 Å². The number of nitrogen functional groups attached to an aromatic ring is 1. The van der Waals surface area contributed by atoms with E-state index in [-0.39, 0.29) is 5.91 Å². The third kappa shape index (κ3) is 4.09. The van der Waals surface area contributed by atoms with Gasteiger partial charge in [-0.25, -0.2) is 10.8 Å². The van der Waals surface area contributed by atoms with Crippen molar-refractivity contribution in [2.24, 2.45) is 5.84 Å². The largest absolute Gasteiger partial charge is 0.352 e. The van der Waals surface area contributed by atoms with Crippen LogP contribution in [0.2, 0.25) is 0 Å². The summed E-state index contributed by atoms with van der Waals surface area (Å²) in [6.45, 7) is 0.682. The molecule has 1 aromatic heterocycles. The minimum atomic E-state index is -0.0887. The molecule has 2 aromatic rings. The van der Waals surface area contributed by atoms with Crippen molar-refractivity contribution in [1.82, 2.24) is 10.3 Å². The summed E-state index contributed by atoms with van der Waals surface area (Å²) in [4.78, 5) is 16.7. The zero-order chi connectivity index (χ0) is 15.1. The number of aromatic nitrogens is 1. The van der Waals surface area contributed by atoms with Crippen LogP contribution in [0.15, 0.2) is 30.3 Å². The highest BCUT2D eigenvalue weighted by atomic mass is 32.2. The normalized spacial score (nSPS) is 10.6. The molecule has 1 heterocycles. The van der Waals surface area contributed by atoms with Gasteiger partial charge in [-0.05, 0) is 37.0 Å².